The highest BCUT2D eigenvalue weighted by molar-refractivity contribution is 14.1. The molecule has 2 atom stereocenters. The summed E-state index contributed by atoms with van der Waals surface area (Å²) in [6.07, 6.45) is 3.70. The van der Waals surface area contributed by atoms with Crippen molar-refractivity contribution in [1.29, 1.82) is 0 Å². The number of methoxy groups -OCH3 is 1. The van der Waals surface area contributed by atoms with Gasteiger partial charge in [0.2, 0.25) is 0 Å². The summed E-state index contributed by atoms with van der Waals surface area (Å²) in [6.45, 7) is 10.8. The number of halogens is 1. The molecule has 0 spiro atoms. The van der Waals surface area contributed by atoms with Gasteiger partial charge in [-0.3, -0.25) is 0 Å². The van der Waals surface area contributed by atoms with E-state index in [0.717, 1.165) is 45.4 Å². The lowest BCUT2D eigenvalue weighted by molar-refractivity contribution is -0.0854. The number of hydrogen-bond acceptors (Lipinski definition) is 4. The molecule has 2 rings (SSSR count). The minimum Gasteiger partial charge on any atom is -0.496 e. The zero-order chi connectivity index (χ0) is 20.4. The summed E-state index contributed by atoms with van der Waals surface area (Å²) in [5.41, 5.74) is 2.47. The van der Waals surface area contributed by atoms with Crippen LogP contribution in [0.15, 0.2) is 17.3 Å². The van der Waals surface area contributed by atoms with E-state index >= 15 is 0 Å². The van der Waals surface area contributed by atoms with Crippen molar-refractivity contribution in [3.63, 3.8) is 0 Å². The standard InChI is InChI=1S/C22H34INO3/c1-14(2)15-11-16(17(23)12-19(15)26-6)18(24-27-7)13-20-21(3,4)9-8-10-22(20,5)25/h11-12,14,20,25H,8-10,13H2,1-7H3/b24-18+. The molecule has 0 aliphatic heterocycles. The van der Waals surface area contributed by atoms with E-state index in [1.54, 1.807) is 14.2 Å². The van der Waals surface area contributed by atoms with E-state index in [4.69, 9.17) is 9.57 Å². The van der Waals surface area contributed by atoms with Gasteiger partial charge >= 0.3 is 0 Å². The zero-order valence-corrected chi connectivity index (χ0v) is 19.9. The van der Waals surface area contributed by atoms with Crippen LogP contribution in [0.4, 0.5) is 0 Å². The summed E-state index contributed by atoms with van der Waals surface area (Å²) in [7, 11) is 3.30. The highest BCUT2D eigenvalue weighted by Gasteiger charge is 2.46. The molecule has 0 aromatic heterocycles. The molecule has 1 aliphatic carbocycles. The van der Waals surface area contributed by atoms with E-state index in [2.05, 4.69) is 67.6 Å². The molecule has 1 N–H and O–H groups in total. The Hall–Kier alpha value is -0.820. The smallest absolute Gasteiger partial charge is 0.123 e. The van der Waals surface area contributed by atoms with E-state index < -0.39 is 5.60 Å². The first-order chi connectivity index (χ1) is 12.5. The molecule has 1 fully saturated rings. The normalized spacial score (nSPS) is 25.6. The second-order valence-electron chi connectivity index (χ2n) is 8.91. The van der Waals surface area contributed by atoms with E-state index in [1.165, 1.54) is 0 Å². The lowest BCUT2D eigenvalue weighted by atomic mass is 9.60. The molecule has 0 saturated heterocycles. The third-order valence-electron chi connectivity index (χ3n) is 6.05. The summed E-state index contributed by atoms with van der Waals surface area (Å²) in [5.74, 6) is 1.36. The Morgan fingerprint density at radius 2 is 1.93 bits per heavy atom. The van der Waals surface area contributed by atoms with Gasteiger partial charge in [0.25, 0.3) is 0 Å². The molecule has 1 aromatic carbocycles. The fourth-order valence-corrected chi connectivity index (χ4v) is 5.26. The molecule has 5 heteroatoms. The first kappa shape index (κ1) is 22.5. The van der Waals surface area contributed by atoms with Gasteiger partial charge < -0.3 is 14.7 Å². The predicted molar refractivity (Wildman–Crippen MR) is 120 cm³/mol. The number of rotatable bonds is 6. The molecule has 4 nitrogen and oxygen atoms in total. The monoisotopic (exact) mass is 487 g/mol. The third kappa shape index (κ3) is 4.97. The number of ether oxygens (including phenoxy) is 1. The Bertz CT molecular complexity index is 679. The zero-order valence-electron chi connectivity index (χ0n) is 17.7. The minimum absolute atomic E-state index is 0.0506. The largest absolute Gasteiger partial charge is 0.496 e. The van der Waals surface area contributed by atoms with Crippen LogP contribution in [-0.2, 0) is 4.84 Å². The maximum Gasteiger partial charge on any atom is 0.123 e. The third-order valence-corrected chi connectivity index (χ3v) is 6.94. The van der Waals surface area contributed by atoms with Gasteiger partial charge in [-0.1, -0.05) is 39.3 Å². The van der Waals surface area contributed by atoms with E-state index in [9.17, 15) is 5.11 Å². The SMILES string of the molecule is CO/N=C(\CC1C(C)(C)CCCC1(C)O)c1cc(C(C)C)c(OC)cc1I. The van der Waals surface area contributed by atoms with Gasteiger partial charge in [-0.25, -0.2) is 0 Å². The fourth-order valence-electron chi connectivity index (χ4n) is 4.51. The second-order valence-corrected chi connectivity index (χ2v) is 10.1. The summed E-state index contributed by atoms with van der Waals surface area (Å²) < 4.78 is 6.66. The Labute approximate surface area is 177 Å². The Morgan fingerprint density at radius 3 is 2.44 bits per heavy atom. The number of nitrogens with zero attached hydrogens (tertiary/aromatic N) is 1. The molecule has 0 radical (unpaired) electrons. The molecule has 1 aromatic rings. The van der Waals surface area contributed by atoms with Crippen molar-refractivity contribution in [3.8, 4) is 5.75 Å². The Morgan fingerprint density at radius 1 is 1.26 bits per heavy atom. The molecule has 152 valence electrons. The predicted octanol–water partition coefficient (Wildman–Crippen LogP) is 5.74. The van der Waals surface area contributed by atoms with Gasteiger partial charge in [0, 0.05) is 9.13 Å². The molecule has 0 heterocycles. The van der Waals surface area contributed by atoms with Crippen LogP contribution in [-0.4, -0.2) is 30.6 Å². The first-order valence-corrected chi connectivity index (χ1v) is 10.8. The van der Waals surface area contributed by atoms with Crippen LogP contribution in [0, 0.1) is 14.9 Å². The van der Waals surface area contributed by atoms with Gasteiger partial charge in [0.05, 0.1) is 18.4 Å². The van der Waals surface area contributed by atoms with Crippen molar-refractivity contribution >= 4 is 28.3 Å². The summed E-state index contributed by atoms with van der Waals surface area (Å²) in [4.78, 5) is 5.22. The van der Waals surface area contributed by atoms with E-state index in [-0.39, 0.29) is 11.3 Å². The van der Waals surface area contributed by atoms with Crippen molar-refractivity contribution in [2.75, 3.05) is 14.2 Å². The average Bonchev–Trinajstić information content (AvgIpc) is 2.56. The molecule has 0 amide bonds. The lowest BCUT2D eigenvalue weighted by Crippen LogP contribution is -2.48. The van der Waals surface area contributed by atoms with Crippen LogP contribution < -0.4 is 4.74 Å². The first-order valence-electron chi connectivity index (χ1n) is 9.73. The fraction of sp³-hybridized carbons (Fsp3) is 0.682. The van der Waals surface area contributed by atoms with Gasteiger partial charge in [-0.2, -0.15) is 0 Å². The molecular formula is C22H34INO3. The molecule has 2 unspecified atom stereocenters. The van der Waals surface area contributed by atoms with Gasteiger partial charge in [0.1, 0.15) is 12.9 Å². The summed E-state index contributed by atoms with van der Waals surface area (Å²) in [5, 5.41) is 15.5. The highest BCUT2D eigenvalue weighted by atomic mass is 127. The molecule has 1 saturated carbocycles. The molecule has 1 aliphatic rings. The van der Waals surface area contributed by atoms with Crippen LogP contribution in [0.2, 0.25) is 0 Å². The van der Waals surface area contributed by atoms with E-state index in [0.29, 0.717) is 12.3 Å². The van der Waals surface area contributed by atoms with Crippen LogP contribution in [0.25, 0.3) is 0 Å². The number of benzene rings is 1. The van der Waals surface area contributed by atoms with Crippen LogP contribution in [0.3, 0.4) is 0 Å². The number of aliphatic hydroxyl groups is 1. The van der Waals surface area contributed by atoms with Crippen molar-refractivity contribution < 1.29 is 14.7 Å². The highest BCUT2D eigenvalue weighted by Crippen LogP contribution is 2.48. The number of oxime groups is 1. The van der Waals surface area contributed by atoms with Crippen LogP contribution in [0.1, 0.15) is 77.3 Å². The maximum absolute atomic E-state index is 11.1. The topological polar surface area (TPSA) is 51.0 Å². The summed E-state index contributed by atoms with van der Waals surface area (Å²) >= 11 is 2.34. The molecule has 27 heavy (non-hydrogen) atoms. The van der Waals surface area contributed by atoms with E-state index in [1.807, 2.05) is 6.92 Å². The van der Waals surface area contributed by atoms with Crippen molar-refractivity contribution in [2.24, 2.45) is 16.5 Å². The Kier molecular flexibility index (Phi) is 7.22. The van der Waals surface area contributed by atoms with Crippen molar-refractivity contribution in [2.45, 2.75) is 71.8 Å². The lowest BCUT2D eigenvalue weighted by Gasteiger charge is -2.48. The second kappa shape index (κ2) is 8.68. The maximum atomic E-state index is 11.1. The Balaban J connectivity index is 2.49. The number of hydrogen-bond donors (Lipinski definition) is 1. The van der Waals surface area contributed by atoms with Crippen LogP contribution in [0.5, 0.6) is 5.75 Å². The quantitative estimate of drug-likeness (QED) is 0.316. The van der Waals surface area contributed by atoms with Gasteiger partial charge in [-0.05, 0) is 83.7 Å². The van der Waals surface area contributed by atoms with Crippen molar-refractivity contribution in [1.82, 2.24) is 0 Å². The van der Waals surface area contributed by atoms with Gasteiger partial charge in [0.15, 0.2) is 0 Å². The molecule has 0 bridgehead atoms. The summed E-state index contributed by atoms with van der Waals surface area (Å²) in [6, 6.07) is 4.24. The van der Waals surface area contributed by atoms with Crippen LogP contribution >= 0.6 is 22.6 Å². The molecular weight excluding hydrogens is 453 g/mol. The van der Waals surface area contributed by atoms with Crippen molar-refractivity contribution in [3.05, 3.63) is 26.8 Å². The van der Waals surface area contributed by atoms with Gasteiger partial charge in [-0.15, -0.1) is 0 Å². The average molecular weight is 487 g/mol. The minimum atomic E-state index is -0.699.